The predicted molar refractivity (Wildman–Crippen MR) is 86.4 cm³/mol. The summed E-state index contributed by atoms with van der Waals surface area (Å²) in [5.41, 5.74) is 5.21. The Kier molecular flexibility index (Phi) is 4.08. The highest BCUT2D eigenvalue weighted by atomic mass is 16.5. The van der Waals surface area contributed by atoms with Crippen LogP contribution < -0.4 is 4.74 Å². The van der Waals surface area contributed by atoms with E-state index in [0.29, 0.717) is 18.2 Å². The molecule has 1 aliphatic rings. The van der Waals surface area contributed by atoms with E-state index in [1.807, 2.05) is 32.0 Å². The zero-order valence-corrected chi connectivity index (χ0v) is 12.9. The molecule has 0 aromatic heterocycles. The Balaban J connectivity index is 1.90. The maximum atomic E-state index is 10.7. The summed E-state index contributed by atoms with van der Waals surface area (Å²) in [5, 5.41) is 0. The number of aliphatic imine (C=N–C) groups is 1. The summed E-state index contributed by atoms with van der Waals surface area (Å²) < 4.78 is 6.02. The molecular formula is C19H19NO2. The average molecular weight is 293 g/mol. The van der Waals surface area contributed by atoms with Gasteiger partial charge in [0.15, 0.2) is 0 Å². The van der Waals surface area contributed by atoms with Crippen LogP contribution in [0, 0.1) is 13.8 Å². The molecule has 2 aromatic rings. The van der Waals surface area contributed by atoms with Crippen molar-refractivity contribution in [1.29, 1.82) is 0 Å². The maximum absolute atomic E-state index is 10.7. The van der Waals surface area contributed by atoms with Gasteiger partial charge in [-0.25, -0.2) is 4.79 Å². The SMILES string of the molecule is Cc1ccc(C)c(OCc2c(N=C=O)cccc2C2CC2)c1. The van der Waals surface area contributed by atoms with Gasteiger partial charge in [-0.05, 0) is 61.4 Å². The fourth-order valence-corrected chi connectivity index (χ4v) is 2.69. The van der Waals surface area contributed by atoms with E-state index in [1.165, 1.54) is 24.0 Å². The highest BCUT2D eigenvalue weighted by Gasteiger charge is 2.27. The van der Waals surface area contributed by atoms with Crippen LogP contribution in [0.3, 0.4) is 0 Å². The third kappa shape index (κ3) is 3.10. The molecule has 1 fully saturated rings. The van der Waals surface area contributed by atoms with Crippen LogP contribution in [0.25, 0.3) is 0 Å². The van der Waals surface area contributed by atoms with Gasteiger partial charge in [-0.2, -0.15) is 4.99 Å². The summed E-state index contributed by atoms with van der Waals surface area (Å²) >= 11 is 0. The maximum Gasteiger partial charge on any atom is 0.240 e. The lowest BCUT2D eigenvalue weighted by Gasteiger charge is -2.14. The van der Waals surface area contributed by atoms with E-state index >= 15 is 0 Å². The number of hydrogen-bond donors (Lipinski definition) is 0. The van der Waals surface area contributed by atoms with Crippen molar-refractivity contribution in [2.75, 3.05) is 0 Å². The number of benzene rings is 2. The Hall–Kier alpha value is -2.38. The quantitative estimate of drug-likeness (QED) is 0.590. The van der Waals surface area contributed by atoms with E-state index in [2.05, 4.69) is 23.2 Å². The second kappa shape index (κ2) is 6.17. The molecule has 0 unspecified atom stereocenters. The minimum atomic E-state index is 0.428. The lowest BCUT2D eigenvalue weighted by molar-refractivity contribution is 0.303. The van der Waals surface area contributed by atoms with Crippen molar-refractivity contribution in [3.8, 4) is 5.75 Å². The first-order valence-corrected chi connectivity index (χ1v) is 7.58. The number of nitrogens with zero attached hydrogens (tertiary/aromatic N) is 1. The van der Waals surface area contributed by atoms with Crippen molar-refractivity contribution in [2.45, 2.75) is 39.2 Å². The molecule has 0 bridgehead atoms. The highest BCUT2D eigenvalue weighted by Crippen LogP contribution is 2.44. The topological polar surface area (TPSA) is 38.7 Å². The molecule has 3 rings (SSSR count). The van der Waals surface area contributed by atoms with E-state index in [4.69, 9.17) is 4.74 Å². The Bertz CT molecular complexity index is 741. The molecular weight excluding hydrogens is 274 g/mol. The number of aryl methyl sites for hydroxylation is 2. The van der Waals surface area contributed by atoms with Crippen molar-refractivity contribution in [1.82, 2.24) is 0 Å². The molecule has 0 aliphatic heterocycles. The average Bonchev–Trinajstić information content (AvgIpc) is 3.34. The fraction of sp³-hybridized carbons (Fsp3) is 0.316. The van der Waals surface area contributed by atoms with E-state index in [9.17, 15) is 4.79 Å². The first-order valence-electron chi connectivity index (χ1n) is 7.58. The van der Waals surface area contributed by atoms with Crippen LogP contribution in [0.2, 0.25) is 0 Å². The predicted octanol–water partition coefficient (Wildman–Crippen LogP) is 4.73. The monoisotopic (exact) mass is 293 g/mol. The van der Waals surface area contributed by atoms with Gasteiger partial charge in [-0.3, -0.25) is 0 Å². The second-order valence-electron chi connectivity index (χ2n) is 5.88. The molecule has 3 nitrogen and oxygen atoms in total. The molecule has 22 heavy (non-hydrogen) atoms. The van der Waals surface area contributed by atoms with Crippen LogP contribution in [0.1, 0.15) is 41.0 Å². The first-order chi connectivity index (χ1) is 10.7. The molecule has 0 N–H and O–H groups in total. The molecule has 0 radical (unpaired) electrons. The van der Waals surface area contributed by atoms with Crippen LogP contribution in [0.5, 0.6) is 5.75 Å². The van der Waals surface area contributed by atoms with Crippen LogP contribution >= 0.6 is 0 Å². The van der Waals surface area contributed by atoms with Gasteiger partial charge in [0.05, 0.1) is 5.69 Å². The molecule has 2 aromatic carbocycles. The summed E-state index contributed by atoms with van der Waals surface area (Å²) in [5.74, 6) is 1.46. The minimum absolute atomic E-state index is 0.428. The van der Waals surface area contributed by atoms with Gasteiger partial charge in [-0.1, -0.05) is 24.3 Å². The van der Waals surface area contributed by atoms with Gasteiger partial charge >= 0.3 is 0 Å². The van der Waals surface area contributed by atoms with Crippen LogP contribution in [-0.2, 0) is 11.4 Å². The molecule has 3 heteroatoms. The molecule has 112 valence electrons. The van der Waals surface area contributed by atoms with Crippen LogP contribution in [0.4, 0.5) is 5.69 Å². The van der Waals surface area contributed by atoms with Gasteiger partial charge in [0.1, 0.15) is 12.4 Å². The number of isocyanates is 1. The van der Waals surface area contributed by atoms with E-state index in [0.717, 1.165) is 16.9 Å². The van der Waals surface area contributed by atoms with Crippen molar-refractivity contribution >= 4 is 11.8 Å². The number of carbonyl (C=O) groups excluding carboxylic acids is 1. The van der Waals surface area contributed by atoms with Crippen molar-refractivity contribution < 1.29 is 9.53 Å². The second-order valence-corrected chi connectivity index (χ2v) is 5.88. The van der Waals surface area contributed by atoms with Crippen molar-refractivity contribution in [2.24, 2.45) is 4.99 Å². The summed E-state index contributed by atoms with van der Waals surface area (Å²) in [6.07, 6.45) is 4.05. The Labute approximate surface area is 130 Å². The van der Waals surface area contributed by atoms with Gasteiger partial charge in [0, 0.05) is 5.56 Å². The molecule has 0 amide bonds. The van der Waals surface area contributed by atoms with Gasteiger partial charge in [0.25, 0.3) is 0 Å². The summed E-state index contributed by atoms with van der Waals surface area (Å²) in [7, 11) is 0. The zero-order chi connectivity index (χ0) is 15.5. The normalized spacial score (nSPS) is 13.5. The molecule has 0 heterocycles. The largest absolute Gasteiger partial charge is 0.489 e. The highest BCUT2D eigenvalue weighted by molar-refractivity contribution is 5.57. The smallest absolute Gasteiger partial charge is 0.240 e. The molecule has 0 atom stereocenters. The van der Waals surface area contributed by atoms with Gasteiger partial charge in [-0.15, -0.1) is 0 Å². The Morgan fingerprint density at radius 2 is 2.05 bits per heavy atom. The Morgan fingerprint density at radius 3 is 2.77 bits per heavy atom. The fourth-order valence-electron chi connectivity index (χ4n) is 2.69. The molecule has 0 saturated heterocycles. The summed E-state index contributed by atoms with van der Waals surface area (Å²) in [6, 6.07) is 12.1. The molecule has 1 saturated carbocycles. The van der Waals surface area contributed by atoms with Crippen molar-refractivity contribution in [3.63, 3.8) is 0 Å². The molecule has 1 aliphatic carbocycles. The van der Waals surface area contributed by atoms with Crippen LogP contribution in [0.15, 0.2) is 41.4 Å². The standard InChI is InChI=1S/C19H19NO2/c1-13-6-7-14(2)19(10-13)22-11-17-16(15-8-9-15)4-3-5-18(17)20-12-21/h3-7,10,15H,8-9,11H2,1-2H3. The van der Waals surface area contributed by atoms with Gasteiger partial charge < -0.3 is 4.74 Å². The van der Waals surface area contributed by atoms with Gasteiger partial charge in [0.2, 0.25) is 6.08 Å². The lowest BCUT2D eigenvalue weighted by Crippen LogP contribution is -2.01. The minimum Gasteiger partial charge on any atom is -0.489 e. The number of hydrogen-bond acceptors (Lipinski definition) is 3. The number of ether oxygens (including phenoxy) is 1. The van der Waals surface area contributed by atoms with E-state index < -0.39 is 0 Å². The Morgan fingerprint density at radius 1 is 1.23 bits per heavy atom. The van der Waals surface area contributed by atoms with Crippen molar-refractivity contribution in [3.05, 3.63) is 58.7 Å². The van der Waals surface area contributed by atoms with E-state index in [1.54, 1.807) is 6.08 Å². The van der Waals surface area contributed by atoms with E-state index in [-0.39, 0.29) is 0 Å². The third-order valence-corrected chi connectivity index (χ3v) is 4.09. The number of rotatable bonds is 5. The summed E-state index contributed by atoms with van der Waals surface area (Å²) in [4.78, 5) is 14.5. The first kappa shape index (κ1) is 14.6. The lowest BCUT2D eigenvalue weighted by atomic mass is 10.0. The zero-order valence-electron chi connectivity index (χ0n) is 12.9. The summed E-state index contributed by atoms with van der Waals surface area (Å²) in [6.45, 7) is 4.51. The van der Waals surface area contributed by atoms with Crippen LogP contribution in [-0.4, -0.2) is 6.08 Å². The third-order valence-electron chi connectivity index (χ3n) is 4.09. The molecule has 0 spiro atoms.